The number of halogens is 3. The number of benzene rings is 3. The Balaban J connectivity index is 2.08. The van der Waals surface area contributed by atoms with E-state index in [0.717, 1.165) is 6.07 Å². The molecule has 198 valence electrons. The Bertz CT molecular complexity index is 1350. The van der Waals surface area contributed by atoms with E-state index in [0.29, 0.717) is 11.1 Å². The molecule has 1 N–H and O–H groups in total. The van der Waals surface area contributed by atoms with Crippen LogP contribution in [0.1, 0.15) is 60.4 Å². The van der Waals surface area contributed by atoms with E-state index in [9.17, 15) is 23.1 Å². The molecule has 0 aliphatic heterocycles. The molecule has 1 aromatic heterocycles. The zero-order chi connectivity index (χ0) is 27.7. The second-order valence-electron chi connectivity index (χ2n) is 9.81. The van der Waals surface area contributed by atoms with Crippen LogP contribution in [0.15, 0.2) is 97.2 Å². The van der Waals surface area contributed by atoms with Crippen molar-refractivity contribution in [3.63, 3.8) is 0 Å². The predicted octanol–water partition coefficient (Wildman–Crippen LogP) is 7.04. The number of amides is 1. The monoisotopic (exact) mass is 520 g/mol. The van der Waals surface area contributed by atoms with Crippen LogP contribution in [-0.4, -0.2) is 32.6 Å². The molecule has 0 unspecified atom stereocenters. The maximum atomic E-state index is 14.6. The molecule has 3 aromatic carbocycles. The normalized spacial score (nSPS) is 12.3. The summed E-state index contributed by atoms with van der Waals surface area (Å²) in [5.41, 5.74) is -2.30. The van der Waals surface area contributed by atoms with Crippen molar-refractivity contribution in [2.24, 2.45) is 0 Å². The van der Waals surface area contributed by atoms with Crippen molar-refractivity contribution < 1.29 is 23.1 Å². The molecule has 38 heavy (non-hydrogen) atoms. The van der Waals surface area contributed by atoms with Gasteiger partial charge in [-0.1, -0.05) is 72.8 Å². The molecule has 0 saturated heterocycles. The number of carbonyl (C=O) groups excluding carboxylic acids is 1. The van der Waals surface area contributed by atoms with Crippen LogP contribution in [0, 0.1) is 0 Å². The van der Waals surface area contributed by atoms with Crippen LogP contribution >= 0.6 is 0 Å². The van der Waals surface area contributed by atoms with Gasteiger partial charge in [0.1, 0.15) is 11.3 Å². The fourth-order valence-corrected chi connectivity index (χ4v) is 5.11. The maximum Gasteiger partial charge on any atom is 0.418 e. The maximum absolute atomic E-state index is 14.6. The molecule has 0 bridgehead atoms. The number of alkyl halides is 3. The van der Waals surface area contributed by atoms with Gasteiger partial charge >= 0.3 is 6.18 Å². The number of hydrogen-bond acceptors (Lipinski definition) is 2. The Kier molecular flexibility index (Phi) is 7.51. The molecule has 4 rings (SSSR count). The number of hydrogen-bond donors (Lipinski definition) is 1. The van der Waals surface area contributed by atoms with Crippen LogP contribution in [0.5, 0.6) is 0 Å². The third-order valence-electron chi connectivity index (χ3n) is 6.67. The van der Waals surface area contributed by atoms with Crippen molar-refractivity contribution in [1.29, 1.82) is 0 Å². The Morgan fingerprint density at radius 1 is 0.737 bits per heavy atom. The first-order chi connectivity index (χ1) is 18.0. The molecular weight excluding hydrogens is 489 g/mol. The second kappa shape index (κ2) is 10.5. The van der Waals surface area contributed by atoms with Crippen molar-refractivity contribution in [2.75, 3.05) is 0 Å². The largest absolute Gasteiger partial charge is 0.418 e. The third-order valence-corrected chi connectivity index (χ3v) is 6.67. The Morgan fingerprint density at radius 3 is 1.71 bits per heavy atom. The van der Waals surface area contributed by atoms with Crippen LogP contribution in [0.3, 0.4) is 0 Å². The highest BCUT2D eigenvalue weighted by atomic mass is 19.4. The van der Waals surface area contributed by atoms with Gasteiger partial charge in [-0.2, -0.15) is 13.2 Å². The van der Waals surface area contributed by atoms with Crippen molar-refractivity contribution in [3.8, 4) is 5.69 Å². The third kappa shape index (κ3) is 4.86. The van der Waals surface area contributed by atoms with E-state index < -0.39 is 23.2 Å². The van der Waals surface area contributed by atoms with Gasteiger partial charge in [-0.05, 0) is 57.0 Å². The van der Waals surface area contributed by atoms with Crippen LogP contribution in [0.2, 0.25) is 0 Å². The lowest BCUT2D eigenvalue weighted by Crippen LogP contribution is -2.43. The minimum Gasteiger partial charge on any atom is -0.376 e. The van der Waals surface area contributed by atoms with Crippen LogP contribution in [-0.2, 0) is 11.8 Å². The molecule has 1 amide bonds. The minimum absolute atomic E-state index is 0.00983. The first-order valence-corrected chi connectivity index (χ1v) is 12.5. The van der Waals surface area contributed by atoms with E-state index in [-0.39, 0.29) is 29.0 Å². The van der Waals surface area contributed by atoms with Gasteiger partial charge in [0.05, 0.1) is 11.3 Å². The zero-order valence-corrected chi connectivity index (χ0v) is 21.8. The highest BCUT2D eigenvalue weighted by molar-refractivity contribution is 5.94. The van der Waals surface area contributed by atoms with Gasteiger partial charge in [0, 0.05) is 23.8 Å². The molecule has 0 saturated carbocycles. The van der Waals surface area contributed by atoms with Crippen molar-refractivity contribution >= 4 is 5.91 Å². The summed E-state index contributed by atoms with van der Waals surface area (Å²) in [5, 5.41) is 12.4. The van der Waals surface area contributed by atoms with Crippen LogP contribution in [0.4, 0.5) is 13.2 Å². The van der Waals surface area contributed by atoms with E-state index in [2.05, 4.69) is 0 Å². The highest BCUT2D eigenvalue weighted by Gasteiger charge is 2.42. The summed E-state index contributed by atoms with van der Waals surface area (Å²) in [7, 11) is 0. The van der Waals surface area contributed by atoms with Gasteiger partial charge < -0.3 is 14.6 Å². The topological polar surface area (TPSA) is 45.5 Å². The summed E-state index contributed by atoms with van der Waals surface area (Å²) >= 11 is 0. The number of rotatable bonds is 7. The molecule has 0 fully saturated rings. The first kappa shape index (κ1) is 27.2. The van der Waals surface area contributed by atoms with Gasteiger partial charge in [-0.25, -0.2) is 0 Å². The average Bonchev–Trinajstić information content (AvgIpc) is 3.38. The zero-order valence-electron chi connectivity index (χ0n) is 21.8. The quantitative estimate of drug-likeness (QED) is 0.266. The van der Waals surface area contributed by atoms with E-state index in [1.165, 1.54) is 29.0 Å². The molecule has 7 heteroatoms. The molecule has 0 radical (unpaired) electrons. The van der Waals surface area contributed by atoms with Crippen molar-refractivity contribution in [2.45, 2.75) is 51.6 Å². The lowest BCUT2D eigenvalue weighted by Gasteiger charge is -2.34. The highest BCUT2D eigenvalue weighted by Crippen LogP contribution is 2.44. The Morgan fingerprint density at radius 2 is 1.24 bits per heavy atom. The molecule has 0 atom stereocenters. The van der Waals surface area contributed by atoms with Gasteiger partial charge in [0.15, 0.2) is 0 Å². The number of nitrogens with zero attached hydrogens (tertiary/aromatic N) is 2. The molecule has 0 aliphatic rings. The summed E-state index contributed by atoms with van der Waals surface area (Å²) in [5.74, 6) is -0.397. The van der Waals surface area contributed by atoms with E-state index in [4.69, 9.17) is 0 Å². The van der Waals surface area contributed by atoms with E-state index in [1.807, 2.05) is 27.7 Å². The summed E-state index contributed by atoms with van der Waals surface area (Å²) in [6, 6.07) is 23.6. The first-order valence-electron chi connectivity index (χ1n) is 12.5. The Labute approximate surface area is 221 Å². The summed E-state index contributed by atoms with van der Waals surface area (Å²) in [6.45, 7) is 7.46. The number of aromatic nitrogens is 1. The molecule has 4 nitrogen and oxygen atoms in total. The van der Waals surface area contributed by atoms with Gasteiger partial charge in [0.2, 0.25) is 0 Å². The summed E-state index contributed by atoms with van der Waals surface area (Å²) in [6.07, 6.45) is -3.31. The van der Waals surface area contributed by atoms with Gasteiger partial charge in [-0.3, -0.25) is 4.79 Å². The van der Waals surface area contributed by atoms with Crippen LogP contribution in [0.25, 0.3) is 5.69 Å². The van der Waals surface area contributed by atoms with E-state index >= 15 is 0 Å². The summed E-state index contributed by atoms with van der Waals surface area (Å²) in [4.78, 5) is 15.3. The SMILES string of the molecule is CC(C)N(C(=O)c1cccn1-c1c(C(F)(F)F)cccc1C(O)(c1ccccc1)c1ccccc1)C(C)C. The number of carbonyl (C=O) groups is 1. The van der Waals surface area contributed by atoms with E-state index in [1.54, 1.807) is 71.6 Å². The Hall–Kier alpha value is -3.84. The smallest absolute Gasteiger partial charge is 0.376 e. The van der Waals surface area contributed by atoms with Crippen LogP contribution < -0.4 is 0 Å². The number of aliphatic hydroxyl groups is 1. The second-order valence-corrected chi connectivity index (χ2v) is 9.81. The fourth-order valence-electron chi connectivity index (χ4n) is 5.11. The lowest BCUT2D eigenvalue weighted by molar-refractivity contribution is -0.137. The van der Waals surface area contributed by atoms with Crippen molar-refractivity contribution in [3.05, 3.63) is 125 Å². The summed E-state index contributed by atoms with van der Waals surface area (Å²) < 4.78 is 45.0. The standard InChI is InChI=1S/C31H31F3N2O2/c1-21(2)36(22(3)4)29(37)27-19-12-20-35(27)28-25(17-11-18-26(28)31(32,33)34)30(38,23-13-7-5-8-14-23)24-15-9-6-10-16-24/h5-22,38H,1-4H3. The predicted molar refractivity (Wildman–Crippen MR) is 142 cm³/mol. The molecule has 0 spiro atoms. The fraction of sp³-hybridized carbons (Fsp3) is 0.258. The molecular formula is C31H31F3N2O2. The van der Waals surface area contributed by atoms with Gasteiger partial charge in [-0.15, -0.1) is 0 Å². The number of para-hydroxylation sites is 1. The molecule has 1 heterocycles. The van der Waals surface area contributed by atoms with Gasteiger partial charge in [0.25, 0.3) is 5.91 Å². The average molecular weight is 521 g/mol. The molecule has 4 aromatic rings. The minimum atomic E-state index is -4.75. The van der Waals surface area contributed by atoms with Crippen molar-refractivity contribution in [1.82, 2.24) is 9.47 Å². The lowest BCUT2D eigenvalue weighted by atomic mass is 9.78. The molecule has 0 aliphatic carbocycles.